The van der Waals surface area contributed by atoms with E-state index in [-0.39, 0.29) is 5.56 Å². The smallest absolute Gasteiger partial charge is 0.257 e. The highest BCUT2D eigenvalue weighted by Gasteiger charge is 2.07. The lowest BCUT2D eigenvalue weighted by atomic mass is 10.2. The van der Waals surface area contributed by atoms with E-state index in [0.717, 1.165) is 6.08 Å². The Morgan fingerprint density at radius 2 is 2.15 bits per heavy atom. The van der Waals surface area contributed by atoms with E-state index >= 15 is 0 Å². The maximum Gasteiger partial charge on any atom is 0.337 e. The van der Waals surface area contributed by atoms with Crippen LogP contribution in [-0.4, -0.2) is 4.92 Å². The third-order valence-electron chi connectivity index (χ3n) is 1.35. The molecule has 0 atom stereocenters. The molecule has 0 spiro atoms. The SMILES string of the molecule is O=[N+]([O-])C(Cl)=Cc1ccccc1F. The number of halogens is 2. The summed E-state index contributed by atoms with van der Waals surface area (Å²) in [5, 5.41) is 9.49. The minimum absolute atomic E-state index is 0.101. The van der Waals surface area contributed by atoms with E-state index in [2.05, 4.69) is 0 Å². The van der Waals surface area contributed by atoms with Gasteiger partial charge in [0.15, 0.2) is 0 Å². The van der Waals surface area contributed by atoms with Crippen LogP contribution < -0.4 is 0 Å². The number of nitrogens with zero attached hydrogens (tertiary/aromatic N) is 1. The van der Waals surface area contributed by atoms with Crippen LogP contribution in [0.3, 0.4) is 0 Å². The Kier molecular flexibility index (Phi) is 2.97. The van der Waals surface area contributed by atoms with Crippen molar-refractivity contribution in [2.75, 3.05) is 0 Å². The molecule has 0 radical (unpaired) electrons. The third-order valence-corrected chi connectivity index (χ3v) is 1.60. The molecule has 0 amide bonds. The van der Waals surface area contributed by atoms with Crippen molar-refractivity contribution in [3.05, 3.63) is 50.9 Å². The van der Waals surface area contributed by atoms with Gasteiger partial charge in [0.05, 0.1) is 4.92 Å². The van der Waals surface area contributed by atoms with Crippen LogP contribution in [0.15, 0.2) is 29.4 Å². The summed E-state index contributed by atoms with van der Waals surface area (Å²) in [7, 11) is 0. The first-order chi connectivity index (χ1) is 6.11. The lowest BCUT2D eigenvalue weighted by molar-refractivity contribution is -0.410. The van der Waals surface area contributed by atoms with Crippen LogP contribution in [0.1, 0.15) is 5.56 Å². The van der Waals surface area contributed by atoms with Crippen molar-refractivity contribution in [3.63, 3.8) is 0 Å². The van der Waals surface area contributed by atoms with Crippen LogP contribution in [0.2, 0.25) is 0 Å². The molecule has 0 aliphatic rings. The highest BCUT2D eigenvalue weighted by atomic mass is 35.5. The van der Waals surface area contributed by atoms with Crippen molar-refractivity contribution < 1.29 is 9.31 Å². The Morgan fingerprint density at radius 3 is 2.69 bits per heavy atom. The summed E-state index contributed by atoms with van der Waals surface area (Å²) in [6.45, 7) is 0. The van der Waals surface area contributed by atoms with Crippen molar-refractivity contribution in [2.45, 2.75) is 0 Å². The molecule has 0 aliphatic carbocycles. The first-order valence-corrected chi connectivity index (χ1v) is 3.75. The third kappa shape index (κ3) is 2.52. The summed E-state index contributed by atoms with van der Waals surface area (Å²) in [4.78, 5) is 9.31. The molecule has 1 rings (SSSR count). The van der Waals surface area contributed by atoms with Crippen molar-refractivity contribution in [1.29, 1.82) is 0 Å². The summed E-state index contributed by atoms with van der Waals surface area (Å²) in [6, 6.07) is 5.67. The molecular formula is C8H5ClFNO2. The van der Waals surface area contributed by atoms with Gasteiger partial charge in [0.2, 0.25) is 0 Å². The topological polar surface area (TPSA) is 43.1 Å². The first-order valence-electron chi connectivity index (χ1n) is 3.37. The van der Waals surface area contributed by atoms with Gasteiger partial charge in [-0.3, -0.25) is 10.1 Å². The average molecular weight is 202 g/mol. The summed E-state index contributed by atoms with van der Waals surface area (Å²) >= 11 is 5.22. The van der Waals surface area contributed by atoms with Gasteiger partial charge in [0.25, 0.3) is 0 Å². The van der Waals surface area contributed by atoms with Gasteiger partial charge in [-0.1, -0.05) is 18.2 Å². The van der Waals surface area contributed by atoms with Crippen molar-refractivity contribution in [1.82, 2.24) is 0 Å². The lowest BCUT2D eigenvalue weighted by Gasteiger charge is -1.93. The number of nitro groups is 1. The van der Waals surface area contributed by atoms with Crippen LogP contribution in [0, 0.1) is 15.9 Å². The zero-order chi connectivity index (χ0) is 9.84. The van der Waals surface area contributed by atoms with Crippen LogP contribution in [0.25, 0.3) is 6.08 Å². The van der Waals surface area contributed by atoms with E-state index in [1.807, 2.05) is 0 Å². The Balaban J connectivity index is 3.04. The zero-order valence-corrected chi connectivity index (χ0v) is 7.16. The molecule has 3 nitrogen and oxygen atoms in total. The van der Waals surface area contributed by atoms with E-state index in [1.54, 1.807) is 6.07 Å². The molecule has 68 valence electrons. The van der Waals surface area contributed by atoms with Crippen LogP contribution >= 0.6 is 11.6 Å². The largest absolute Gasteiger partial charge is 0.337 e. The minimum Gasteiger partial charge on any atom is -0.257 e. The van der Waals surface area contributed by atoms with Crippen molar-refractivity contribution >= 4 is 17.7 Å². The average Bonchev–Trinajstić information content (AvgIpc) is 2.08. The fourth-order valence-electron chi connectivity index (χ4n) is 0.773. The molecule has 13 heavy (non-hydrogen) atoms. The number of benzene rings is 1. The molecule has 1 aromatic carbocycles. The molecule has 0 heterocycles. The summed E-state index contributed by atoms with van der Waals surface area (Å²) < 4.78 is 12.9. The van der Waals surface area contributed by atoms with E-state index in [1.165, 1.54) is 18.2 Å². The van der Waals surface area contributed by atoms with Gasteiger partial charge in [0, 0.05) is 11.6 Å². The highest BCUT2D eigenvalue weighted by Crippen LogP contribution is 2.13. The Hall–Kier alpha value is -1.42. The molecule has 0 saturated heterocycles. The standard InChI is InChI=1S/C8H5ClFNO2/c9-8(11(12)13)5-6-3-1-2-4-7(6)10/h1-5H. The van der Waals surface area contributed by atoms with Crippen molar-refractivity contribution in [2.24, 2.45) is 0 Å². The maximum atomic E-state index is 12.9. The van der Waals surface area contributed by atoms with E-state index in [4.69, 9.17) is 11.6 Å². The summed E-state index contributed by atoms with van der Waals surface area (Å²) in [6.07, 6.45) is 0.969. The fraction of sp³-hybridized carbons (Fsp3) is 0. The number of hydrogen-bond acceptors (Lipinski definition) is 2. The Bertz CT molecular complexity index is 365. The van der Waals surface area contributed by atoms with Crippen LogP contribution in [-0.2, 0) is 0 Å². The van der Waals surface area contributed by atoms with Crippen LogP contribution in [0.5, 0.6) is 0 Å². The Morgan fingerprint density at radius 1 is 1.54 bits per heavy atom. The summed E-state index contributed by atoms with van der Waals surface area (Å²) in [5.41, 5.74) is 0.101. The minimum atomic E-state index is -0.784. The molecule has 0 aliphatic heterocycles. The highest BCUT2D eigenvalue weighted by molar-refractivity contribution is 6.29. The van der Waals surface area contributed by atoms with E-state index in [9.17, 15) is 14.5 Å². The molecular weight excluding hydrogens is 197 g/mol. The van der Waals surface area contributed by atoms with Gasteiger partial charge in [-0.2, -0.15) is 0 Å². The second-order valence-corrected chi connectivity index (χ2v) is 2.63. The molecule has 0 saturated carbocycles. The van der Waals surface area contributed by atoms with Gasteiger partial charge in [-0.25, -0.2) is 4.39 Å². The molecule has 5 heteroatoms. The predicted octanol–water partition coefficient (Wildman–Crippen LogP) is 2.64. The monoisotopic (exact) mass is 201 g/mol. The molecule has 1 aromatic rings. The maximum absolute atomic E-state index is 12.9. The number of rotatable bonds is 2. The van der Waals surface area contributed by atoms with Gasteiger partial charge < -0.3 is 0 Å². The Labute approximate surface area is 78.6 Å². The molecule has 0 unspecified atom stereocenters. The lowest BCUT2D eigenvalue weighted by Crippen LogP contribution is -1.91. The molecule has 0 aromatic heterocycles. The van der Waals surface area contributed by atoms with E-state index in [0.29, 0.717) is 0 Å². The molecule has 0 bridgehead atoms. The van der Waals surface area contributed by atoms with Crippen molar-refractivity contribution in [3.8, 4) is 0 Å². The first kappa shape index (κ1) is 9.67. The fourth-order valence-corrected chi connectivity index (χ4v) is 0.891. The predicted molar refractivity (Wildman–Crippen MR) is 47.2 cm³/mol. The quantitative estimate of drug-likeness (QED) is 0.419. The van der Waals surface area contributed by atoms with Gasteiger partial charge in [-0.15, -0.1) is 0 Å². The number of hydrogen-bond donors (Lipinski definition) is 0. The molecule has 0 fully saturated rings. The van der Waals surface area contributed by atoms with Gasteiger partial charge in [0.1, 0.15) is 5.82 Å². The van der Waals surface area contributed by atoms with E-state index < -0.39 is 15.9 Å². The normalized spacial score (nSPS) is 11.4. The van der Waals surface area contributed by atoms with Gasteiger partial charge in [-0.05, 0) is 17.7 Å². The molecule has 0 N–H and O–H groups in total. The summed E-state index contributed by atoms with van der Waals surface area (Å²) in [5.74, 6) is -0.539. The van der Waals surface area contributed by atoms with Gasteiger partial charge >= 0.3 is 5.16 Å². The second kappa shape index (κ2) is 4.00. The second-order valence-electron chi connectivity index (χ2n) is 2.25. The van der Waals surface area contributed by atoms with Crippen LogP contribution in [0.4, 0.5) is 4.39 Å². The zero-order valence-electron chi connectivity index (χ0n) is 6.41.